The summed E-state index contributed by atoms with van der Waals surface area (Å²) in [6.45, 7) is 0.796. The van der Waals surface area contributed by atoms with Gasteiger partial charge in [-0.2, -0.15) is 0 Å². The average Bonchev–Trinajstić information content (AvgIpc) is 2.54. The molecule has 1 saturated heterocycles. The smallest absolute Gasteiger partial charge is 0.284 e. The number of aromatic nitrogens is 2. The van der Waals surface area contributed by atoms with E-state index in [-0.39, 0.29) is 6.10 Å². The highest BCUT2D eigenvalue weighted by Crippen LogP contribution is 2.27. The van der Waals surface area contributed by atoms with Crippen LogP contribution in [0.3, 0.4) is 0 Å². The number of ether oxygens (including phenoxy) is 1. The Morgan fingerprint density at radius 3 is 2.83 bits per heavy atom. The molecular weight excluding hydrogens is 224 g/mol. The van der Waals surface area contributed by atoms with Gasteiger partial charge in [-0.25, -0.2) is 0 Å². The molecule has 5 heteroatoms. The Kier molecular flexibility index (Phi) is 2.41. The fraction of sp³-hybridized carbons (Fsp3) is 0.714. The van der Waals surface area contributed by atoms with Crippen molar-refractivity contribution in [3.63, 3.8) is 0 Å². The third-order valence-electron chi connectivity index (χ3n) is 1.87. The van der Waals surface area contributed by atoms with Crippen LogP contribution < -0.4 is 0 Å². The molecule has 2 heterocycles. The van der Waals surface area contributed by atoms with E-state index >= 15 is 0 Å². The van der Waals surface area contributed by atoms with Crippen molar-refractivity contribution in [2.45, 2.75) is 25.4 Å². The van der Waals surface area contributed by atoms with Crippen LogP contribution in [0.15, 0.2) is 9.22 Å². The first-order valence-corrected chi connectivity index (χ1v) is 4.76. The third-order valence-corrected chi connectivity index (χ3v) is 2.19. The van der Waals surface area contributed by atoms with Crippen molar-refractivity contribution < 1.29 is 9.15 Å². The van der Waals surface area contributed by atoms with Crippen LogP contribution >= 0.6 is 15.9 Å². The third kappa shape index (κ3) is 1.67. The molecule has 0 aliphatic carbocycles. The minimum atomic E-state index is 0.0116. The zero-order valence-electron chi connectivity index (χ0n) is 6.49. The molecule has 0 N–H and O–H groups in total. The molecule has 1 aromatic rings. The van der Waals surface area contributed by atoms with E-state index in [1.807, 2.05) is 0 Å². The Bertz CT molecular complexity index is 258. The Hall–Kier alpha value is -0.420. The van der Waals surface area contributed by atoms with Gasteiger partial charge in [-0.1, -0.05) is 0 Å². The first-order chi connectivity index (χ1) is 5.86. The summed E-state index contributed by atoms with van der Waals surface area (Å²) >= 11 is 3.10. The van der Waals surface area contributed by atoms with E-state index in [0.717, 1.165) is 19.4 Å². The van der Waals surface area contributed by atoms with Crippen molar-refractivity contribution in [2.24, 2.45) is 0 Å². The lowest BCUT2D eigenvalue weighted by Gasteiger charge is -2.18. The van der Waals surface area contributed by atoms with Gasteiger partial charge in [0, 0.05) is 22.5 Å². The highest BCUT2D eigenvalue weighted by Gasteiger charge is 2.21. The van der Waals surface area contributed by atoms with Crippen LogP contribution in [0.25, 0.3) is 0 Å². The standard InChI is InChI=1S/C7H9BrN2O2/c8-7-10-9-6(12-7)5-3-1-2-4-11-5/h5H,1-4H2. The normalized spacial score (nSPS) is 24.2. The van der Waals surface area contributed by atoms with Gasteiger partial charge in [-0.05, 0) is 19.3 Å². The second kappa shape index (κ2) is 3.53. The van der Waals surface area contributed by atoms with E-state index < -0.39 is 0 Å². The Morgan fingerprint density at radius 1 is 1.33 bits per heavy atom. The van der Waals surface area contributed by atoms with Gasteiger partial charge < -0.3 is 9.15 Å². The quantitative estimate of drug-likeness (QED) is 0.744. The average molecular weight is 233 g/mol. The van der Waals surface area contributed by atoms with Gasteiger partial charge in [0.1, 0.15) is 6.10 Å². The molecule has 0 amide bonds. The van der Waals surface area contributed by atoms with Gasteiger partial charge in [0.2, 0.25) is 5.89 Å². The lowest BCUT2D eigenvalue weighted by molar-refractivity contribution is -0.00200. The lowest BCUT2D eigenvalue weighted by atomic mass is 10.1. The highest BCUT2D eigenvalue weighted by atomic mass is 79.9. The molecule has 2 rings (SSSR count). The van der Waals surface area contributed by atoms with Crippen LogP contribution in [0.5, 0.6) is 0 Å². The van der Waals surface area contributed by atoms with Crippen molar-refractivity contribution in [3.8, 4) is 0 Å². The SMILES string of the molecule is Brc1nnc(C2CCCCO2)o1. The van der Waals surface area contributed by atoms with Crippen LogP contribution in [0.1, 0.15) is 31.3 Å². The molecule has 0 radical (unpaired) electrons. The molecule has 1 atom stereocenters. The summed E-state index contributed by atoms with van der Waals surface area (Å²) in [5.74, 6) is 0.585. The lowest BCUT2D eigenvalue weighted by Crippen LogP contribution is -2.11. The molecule has 0 bridgehead atoms. The first-order valence-electron chi connectivity index (χ1n) is 3.97. The first kappa shape index (κ1) is 8.19. The Labute approximate surface area is 78.4 Å². The summed E-state index contributed by atoms with van der Waals surface area (Å²) in [5.41, 5.74) is 0. The van der Waals surface area contributed by atoms with Crippen molar-refractivity contribution in [1.82, 2.24) is 10.2 Å². The van der Waals surface area contributed by atoms with Gasteiger partial charge >= 0.3 is 0 Å². The summed E-state index contributed by atoms with van der Waals surface area (Å²) in [4.78, 5) is 0.423. The molecule has 0 spiro atoms. The number of halogens is 1. The van der Waals surface area contributed by atoms with Gasteiger partial charge in [-0.3, -0.25) is 0 Å². The molecule has 12 heavy (non-hydrogen) atoms. The van der Waals surface area contributed by atoms with Gasteiger partial charge in [0.25, 0.3) is 4.80 Å². The van der Waals surface area contributed by atoms with Crippen LogP contribution in [0.2, 0.25) is 0 Å². The van der Waals surface area contributed by atoms with Gasteiger partial charge in [0.05, 0.1) is 0 Å². The molecule has 1 fully saturated rings. The predicted octanol–water partition coefficient (Wildman–Crippen LogP) is 2.07. The summed E-state index contributed by atoms with van der Waals surface area (Å²) in [6.07, 6.45) is 3.29. The molecule has 1 unspecified atom stereocenters. The van der Waals surface area contributed by atoms with Crippen molar-refractivity contribution in [2.75, 3.05) is 6.61 Å². The van der Waals surface area contributed by atoms with E-state index in [2.05, 4.69) is 26.1 Å². The number of hydrogen-bond donors (Lipinski definition) is 0. The maximum Gasteiger partial charge on any atom is 0.284 e. The van der Waals surface area contributed by atoms with Crippen LogP contribution in [0.4, 0.5) is 0 Å². The summed E-state index contributed by atoms with van der Waals surface area (Å²) in [5, 5.41) is 7.56. The molecule has 1 aliphatic rings. The molecular formula is C7H9BrN2O2. The van der Waals surface area contributed by atoms with E-state index in [9.17, 15) is 0 Å². The fourth-order valence-corrected chi connectivity index (χ4v) is 1.53. The fourth-order valence-electron chi connectivity index (χ4n) is 1.28. The topological polar surface area (TPSA) is 48.2 Å². The summed E-state index contributed by atoms with van der Waals surface area (Å²) in [7, 11) is 0. The predicted molar refractivity (Wildman–Crippen MR) is 44.5 cm³/mol. The van der Waals surface area contributed by atoms with Gasteiger partial charge in [-0.15, -0.1) is 10.2 Å². The summed E-state index contributed by atoms with van der Waals surface area (Å²) in [6, 6.07) is 0. The van der Waals surface area contributed by atoms with E-state index in [1.165, 1.54) is 6.42 Å². The maximum atomic E-state index is 5.46. The minimum absolute atomic E-state index is 0.0116. The van der Waals surface area contributed by atoms with Gasteiger partial charge in [0.15, 0.2) is 0 Å². The largest absolute Gasteiger partial charge is 0.413 e. The van der Waals surface area contributed by atoms with Crippen LogP contribution in [-0.4, -0.2) is 16.8 Å². The maximum absolute atomic E-state index is 5.46. The minimum Gasteiger partial charge on any atom is -0.413 e. The Morgan fingerprint density at radius 2 is 2.25 bits per heavy atom. The zero-order valence-corrected chi connectivity index (χ0v) is 8.08. The highest BCUT2D eigenvalue weighted by molar-refractivity contribution is 9.10. The monoisotopic (exact) mass is 232 g/mol. The Balaban J connectivity index is 2.08. The molecule has 1 aliphatic heterocycles. The molecule has 0 saturated carbocycles. The second-order valence-electron chi connectivity index (χ2n) is 2.75. The number of rotatable bonds is 1. The van der Waals surface area contributed by atoms with Crippen molar-refractivity contribution in [1.29, 1.82) is 0 Å². The van der Waals surface area contributed by atoms with E-state index in [0.29, 0.717) is 10.7 Å². The molecule has 0 aromatic carbocycles. The molecule has 1 aromatic heterocycles. The number of nitrogens with zero attached hydrogens (tertiary/aromatic N) is 2. The van der Waals surface area contributed by atoms with E-state index in [4.69, 9.17) is 9.15 Å². The van der Waals surface area contributed by atoms with Crippen LogP contribution in [-0.2, 0) is 4.74 Å². The summed E-state index contributed by atoms with van der Waals surface area (Å²) < 4.78 is 10.7. The number of hydrogen-bond acceptors (Lipinski definition) is 4. The van der Waals surface area contributed by atoms with E-state index in [1.54, 1.807) is 0 Å². The molecule has 66 valence electrons. The van der Waals surface area contributed by atoms with Crippen molar-refractivity contribution >= 4 is 15.9 Å². The van der Waals surface area contributed by atoms with Crippen LogP contribution in [0, 0.1) is 0 Å². The molecule has 4 nitrogen and oxygen atoms in total. The van der Waals surface area contributed by atoms with Crippen molar-refractivity contribution in [3.05, 3.63) is 10.7 Å². The second-order valence-corrected chi connectivity index (χ2v) is 3.43. The zero-order chi connectivity index (χ0) is 8.39.